The minimum absolute atomic E-state index is 0.106. The molecule has 1 aromatic carbocycles. The predicted molar refractivity (Wildman–Crippen MR) is 101 cm³/mol. The number of benzene rings is 1. The Balaban J connectivity index is 2.46. The van der Waals surface area contributed by atoms with Crippen molar-refractivity contribution in [2.75, 3.05) is 20.2 Å². The number of hydrogen-bond acceptors (Lipinski definition) is 4. The molecule has 0 spiro atoms. The van der Waals surface area contributed by atoms with Crippen LogP contribution < -0.4 is 15.8 Å². The van der Waals surface area contributed by atoms with Gasteiger partial charge >= 0.3 is 0 Å². The second-order valence-corrected chi connectivity index (χ2v) is 7.63. The normalized spacial score (nSPS) is 13.8. The predicted octanol–water partition coefficient (Wildman–Crippen LogP) is 1.45. The Hall–Kier alpha value is -1.64. The molecule has 0 aliphatic carbocycles. The summed E-state index contributed by atoms with van der Waals surface area (Å²) in [4.78, 5) is 4.29. The van der Waals surface area contributed by atoms with Gasteiger partial charge in [0, 0.05) is 26.7 Å². The lowest BCUT2D eigenvalue weighted by molar-refractivity contribution is 0.0258. The van der Waals surface area contributed by atoms with E-state index in [-0.39, 0.29) is 11.0 Å². The first-order valence-corrected chi connectivity index (χ1v) is 10.0. The monoisotopic (exact) mass is 370 g/mol. The minimum Gasteiger partial charge on any atom is -0.378 e. The van der Waals surface area contributed by atoms with Gasteiger partial charge in [0.05, 0.1) is 11.0 Å². The van der Waals surface area contributed by atoms with Gasteiger partial charge in [0.15, 0.2) is 5.96 Å². The fourth-order valence-electron chi connectivity index (χ4n) is 2.36. The summed E-state index contributed by atoms with van der Waals surface area (Å²) in [5, 5.41) is 11.5. The summed E-state index contributed by atoms with van der Waals surface area (Å²) in [6.07, 6.45) is 1.12. The summed E-state index contributed by atoms with van der Waals surface area (Å²) >= 11 is 0. The van der Waals surface area contributed by atoms with Gasteiger partial charge in [0.1, 0.15) is 0 Å². The Morgan fingerprint density at radius 3 is 2.36 bits per heavy atom. The fraction of sp³-hybridized carbons (Fsp3) is 0.588. The molecule has 1 atom stereocenters. The van der Waals surface area contributed by atoms with E-state index >= 15 is 0 Å². The van der Waals surface area contributed by atoms with Crippen LogP contribution in [-0.2, 0) is 21.3 Å². The average Bonchev–Trinajstić information content (AvgIpc) is 2.56. The molecule has 4 N–H and O–H groups in total. The van der Waals surface area contributed by atoms with Gasteiger partial charge in [-0.1, -0.05) is 26.0 Å². The highest BCUT2D eigenvalue weighted by atomic mass is 32.2. The maximum absolute atomic E-state index is 11.2. The van der Waals surface area contributed by atoms with E-state index in [1.165, 1.54) is 12.1 Å². The molecule has 1 unspecified atom stereocenters. The third kappa shape index (κ3) is 7.85. The summed E-state index contributed by atoms with van der Waals surface area (Å²) in [5.41, 5.74) is 0.935. The van der Waals surface area contributed by atoms with Crippen LogP contribution in [0, 0.1) is 5.92 Å². The molecular weight excluding hydrogens is 340 g/mol. The van der Waals surface area contributed by atoms with Crippen molar-refractivity contribution in [2.24, 2.45) is 16.0 Å². The molecule has 1 rings (SSSR count). The number of primary sulfonamides is 1. The number of aliphatic imine (C=N–C) groups is 1. The summed E-state index contributed by atoms with van der Waals surface area (Å²) in [5.74, 6) is 1.16. The van der Waals surface area contributed by atoms with Crippen molar-refractivity contribution in [1.82, 2.24) is 10.6 Å². The van der Waals surface area contributed by atoms with Crippen molar-refractivity contribution in [3.63, 3.8) is 0 Å². The first-order chi connectivity index (χ1) is 11.8. The van der Waals surface area contributed by atoms with Crippen LogP contribution in [-0.4, -0.2) is 40.7 Å². The lowest BCUT2D eigenvalue weighted by atomic mass is 10.0. The van der Waals surface area contributed by atoms with Gasteiger partial charge in [-0.2, -0.15) is 0 Å². The molecule has 0 amide bonds. The van der Waals surface area contributed by atoms with Crippen LogP contribution in [0.25, 0.3) is 0 Å². The van der Waals surface area contributed by atoms with Gasteiger partial charge in [-0.15, -0.1) is 0 Å². The number of sulfonamides is 1. The van der Waals surface area contributed by atoms with E-state index in [0.717, 1.165) is 18.5 Å². The Morgan fingerprint density at radius 1 is 1.24 bits per heavy atom. The molecule has 0 heterocycles. The minimum atomic E-state index is -3.66. The first kappa shape index (κ1) is 21.4. The Morgan fingerprint density at radius 2 is 1.88 bits per heavy atom. The summed E-state index contributed by atoms with van der Waals surface area (Å²) in [6, 6.07) is 6.45. The van der Waals surface area contributed by atoms with Crippen LogP contribution in [0.5, 0.6) is 0 Å². The molecule has 7 nitrogen and oxygen atoms in total. The molecular formula is C17H30N4O3S. The van der Waals surface area contributed by atoms with Gasteiger partial charge in [-0.05, 0) is 37.0 Å². The van der Waals surface area contributed by atoms with E-state index in [0.29, 0.717) is 25.0 Å². The summed E-state index contributed by atoms with van der Waals surface area (Å²) < 4.78 is 28.2. The SMILES string of the molecule is CCOC(CCNC(=NC)NCc1ccc(S(N)(=O)=O)cc1)C(C)C. The van der Waals surface area contributed by atoms with E-state index in [2.05, 4.69) is 29.5 Å². The zero-order valence-electron chi connectivity index (χ0n) is 15.5. The van der Waals surface area contributed by atoms with Gasteiger partial charge in [-0.3, -0.25) is 4.99 Å². The lowest BCUT2D eigenvalue weighted by Crippen LogP contribution is -2.38. The van der Waals surface area contributed by atoms with E-state index in [4.69, 9.17) is 9.88 Å². The van der Waals surface area contributed by atoms with E-state index in [1.807, 2.05) is 6.92 Å². The lowest BCUT2D eigenvalue weighted by Gasteiger charge is -2.21. The molecule has 0 saturated heterocycles. The first-order valence-electron chi connectivity index (χ1n) is 8.45. The number of rotatable bonds is 9. The number of ether oxygens (including phenoxy) is 1. The van der Waals surface area contributed by atoms with Gasteiger partial charge < -0.3 is 15.4 Å². The second-order valence-electron chi connectivity index (χ2n) is 6.07. The highest BCUT2D eigenvalue weighted by Gasteiger charge is 2.13. The van der Waals surface area contributed by atoms with Crippen LogP contribution in [0.15, 0.2) is 34.2 Å². The molecule has 0 aliphatic rings. The number of hydrogen-bond donors (Lipinski definition) is 3. The van der Waals surface area contributed by atoms with Crippen LogP contribution in [0.3, 0.4) is 0 Å². The second kappa shape index (κ2) is 10.4. The van der Waals surface area contributed by atoms with Crippen molar-refractivity contribution in [1.29, 1.82) is 0 Å². The largest absolute Gasteiger partial charge is 0.378 e. The van der Waals surface area contributed by atoms with E-state index < -0.39 is 10.0 Å². The fourth-order valence-corrected chi connectivity index (χ4v) is 2.87. The average molecular weight is 371 g/mol. The quantitative estimate of drug-likeness (QED) is 0.451. The van der Waals surface area contributed by atoms with Crippen LogP contribution in [0.1, 0.15) is 32.8 Å². The molecule has 0 aliphatic heterocycles. The zero-order valence-corrected chi connectivity index (χ0v) is 16.3. The van der Waals surface area contributed by atoms with Gasteiger partial charge in [0.25, 0.3) is 0 Å². The number of nitrogens with zero attached hydrogens (tertiary/aromatic N) is 1. The van der Waals surface area contributed by atoms with Crippen molar-refractivity contribution >= 4 is 16.0 Å². The van der Waals surface area contributed by atoms with Crippen molar-refractivity contribution in [3.8, 4) is 0 Å². The van der Waals surface area contributed by atoms with Crippen molar-refractivity contribution in [2.45, 2.75) is 44.7 Å². The Bertz CT molecular complexity index is 642. The summed E-state index contributed by atoms with van der Waals surface area (Å²) in [7, 11) is -1.95. The van der Waals surface area contributed by atoms with Crippen LogP contribution >= 0.6 is 0 Å². The molecule has 25 heavy (non-hydrogen) atoms. The maximum Gasteiger partial charge on any atom is 0.238 e. The molecule has 0 fully saturated rings. The molecule has 0 radical (unpaired) electrons. The highest BCUT2D eigenvalue weighted by molar-refractivity contribution is 7.89. The number of nitrogens with two attached hydrogens (primary N) is 1. The standard InChI is InChI=1S/C17H30N4O3S/c1-5-24-16(13(2)3)10-11-20-17(19-4)21-12-14-6-8-15(9-7-14)25(18,22)23/h6-9,13,16H,5,10-12H2,1-4H3,(H2,18,22,23)(H2,19,20,21). The third-order valence-electron chi connectivity index (χ3n) is 3.78. The number of guanidine groups is 1. The Kier molecular flexibility index (Phi) is 8.88. The van der Waals surface area contributed by atoms with E-state index in [1.54, 1.807) is 19.2 Å². The van der Waals surface area contributed by atoms with Crippen molar-refractivity contribution < 1.29 is 13.2 Å². The van der Waals surface area contributed by atoms with Gasteiger partial charge in [0.2, 0.25) is 10.0 Å². The van der Waals surface area contributed by atoms with Crippen LogP contribution in [0.4, 0.5) is 0 Å². The molecule has 142 valence electrons. The molecule has 1 aromatic rings. The van der Waals surface area contributed by atoms with E-state index in [9.17, 15) is 8.42 Å². The van der Waals surface area contributed by atoms with Crippen LogP contribution in [0.2, 0.25) is 0 Å². The van der Waals surface area contributed by atoms with Crippen molar-refractivity contribution in [3.05, 3.63) is 29.8 Å². The molecule has 8 heteroatoms. The smallest absolute Gasteiger partial charge is 0.238 e. The molecule has 0 saturated carbocycles. The number of nitrogens with one attached hydrogen (secondary N) is 2. The summed E-state index contributed by atoms with van der Waals surface area (Å²) in [6.45, 7) is 8.31. The molecule has 0 aromatic heterocycles. The Labute approximate surface area is 151 Å². The maximum atomic E-state index is 11.2. The van der Waals surface area contributed by atoms with Gasteiger partial charge in [-0.25, -0.2) is 13.6 Å². The topological polar surface area (TPSA) is 106 Å². The zero-order chi connectivity index (χ0) is 18.9. The molecule has 0 bridgehead atoms. The third-order valence-corrected chi connectivity index (χ3v) is 4.71. The highest BCUT2D eigenvalue weighted by Crippen LogP contribution is 2.10.